The number of nitrogens with zero attached hydrogens (tertiary/aromatic N) is 2. The number of amides is 1. The van der Waals surface area contributed by atoms with Gasteiger partial charge in [-0.05, 0) is 43.2 Å². The molecule has 1 aromatic heterocycles. The lowest BCUT2D eigenvalue weighted by atomic mass is 10.1. The van der Waals surface area contributed by atoms with Crippen LogP contribution in [-0.4, -0.2) is 48.6 Å². The van der Waals surface area contributed by atoms with E-state index in [1.165, 1.54) is 10.6 Å². The van der Waals surface area contributed by atoms with Crippen LogP contribution in [0.5, 0.6) is 0 Å². The van der Waals surface area contributed by atoms with E-state index in [9.17, 15) is 13.2 Å². The Bertz CT molecular complexity index is 815. The fourth-order valence-electron chi connectivity index (χ4n) is 2.94. The number of sulfonamides is 1. The summed E-state index contributed by atoms with van der Waals surface area (Å²) in [6.07, 6.45) is 6.58. The third-order valence-electron chi connectivity index (χ3n) is 4.20. The van der Waals surface area contributed by atoms with E-state index in [4.69, 9.17) is 0 Å². The van der Waals surface area contributed by atoms with Gasteiger partial charge in [0, 0.05) is 42.8 Å². The van der Waals surface area contributed by atoms with E-state index in [0.29, 0.717) is 18.7 Å². The van der Waals surface area contributed by atoms with Gasteiger partial charge in [0.1, 0.15) is 0 Å². The summed E-state index contributed by atoms with van der Waals surface area (Å²) in [6, 6.07) is 11.1. The highest BCUT2D eigenvalue weighted by molar-refractivity contribution is 7.88. The molecule has 7 heteroatoms. The third kappa shape index (κ3) is 3.85. The number of hydrogen-bond acceptors (Lipinski definition) is 3. The maximum absolute atomic E-state index is 12.5. The lowest BCUT2D eigenvalue weighted by Crippen LogP contribution is -2.49. The molecule has 1 amide bonds. The van der Waals surface area contributed by atoms with Crippen molar-refractivity contribution in [2.45, 2.75) is 18.9 Å². The van der Waals surface area contributed by atoms with Gasteiger partial charge in [-0.2, -0.15) is 0 Å². The fourth-order valence-corrected chi connectivity index (χ4v) is 3.86. The van der Waals surface area contributed by atoms with Crippen LogP contribution in [0.4, 0.5) is 0 Å². The van der Waals surface area contributed by atoms with Crippen molar-refractivity contribution in [3.05, 3.63) is 54.4 Å². The van der Waals surface area contributed by atoms with Crippen LogP contribution >= 0.6 is 0 Å². The molecule has 0 saturated carbocycles. The van der Waals surface area contributed by atoms with Gasteiger partial charge in [0.25, 0.3) is 5.91 Å². The summed E-state index contributed by atoms with van der Waals surface area (Å²) in [5.74, 6) is -0.177. The minimum atomic E-state index is -3.22. The second kappa shape index (κ2) is 6.78. The highest BCUT2D eigenvalue weighted by Gasteiger charge is 2.27. The number of aromatic nitrogens is 1. The summed E-state index contributed by atoms with van der Waals surface area (Å²) < 4.78 is 26.7. The molecular weight excluding hydrogens is 326 g/mol. The van der Waals surface area contributed by atoms with Crippen LogP contribution in [0.25, 0.3) is 5.69 Å². The van der Waals surface area contributed by atoms with E-state index in [-0.39, 0.29) is 11.9 Å². The summed E-state index contributed by atoms with van der Waals surface area (Å²) in [7, 11) is -3.22. The average Bonchev–Trinajstić information content (AvgIpc) is 3.09. The van der Waals surface area contributed by atoms with Gasteiger partial charge in [0.15, 0.2) is 0 Å². The standard InChI is InChI=1S/C17H21N3O3S/c1-24(22,23)20-11-5-7-15(13-20)18-17(21)14-6-4-8-16(12-14)19-9-2-3-10-19/h2-4,6,8-10,12,15H,5,7,11,13H2,1H3,(H,18,21). The van der Waals surface area contributed by atoms with Gasteiger partial charge in [0.2, 0.25) is 10.0 Å². The molecule has 6 nitrogen and oxygen atoms in total. The summed E-state index contributed by atoms with van der Waals surface area (Å²) >= 11 is 0. The summed E-state index contributed by atoms with van der Waals surface area (Å²) in [5.41, 5.74) is 1.48. The van der Waals surface area contributed by atoms with Crippen LogP contribution in [0.15, 0.2) is 48.8 Å². The Balaban J connectivity index is 1.70. The molecule has 1 fully saturated rings. The van der Waals surface area contributed by atoms with Gasteiger partial charge in [-0.25, -0.2) is 12.7 Å². The van der Waals surface area contributed by atoms with Crippen LogP contribution in [0, 0.1) is 0 Å². The molecule has 0 radical (unpaired) electrons. The van der Waals surface area contributed by atoms with E-state index in [1.54, 1.807) is 6.07 Å². The number of benzene rings is 1. The molecule has 0 aliphatic carbocycles. The Kier molecular flexibility index (Phi) is 4.73. The van der Waals surface area contributed by atoms with Gasteiger partial charge < -0.3 is 9.88 Å². The number of carbonyl (C=O) groups is 1. The number of piperidine rings is 1. The van der Waals surface area contributed by atoms with Crippen LogP contribution < -0.4 is 5.32 Å². The fraction of sp³-hybridized carbons (Fsp3) is 0.353. The van der Waals surface area contributed by atoms with Crippen molar-refractivity contribution >= 4 is 15.9 Å². The quantitative estimate of drug-likeness (QED) is 0.914. The molecule has 0 spiro atoms. The average molecular weight is 347 g/mol. The topological polar surface area (TPSA) is 71.4 Å². The van der Waals surface area contributed by atoms with Gasteiger partial charge in [-0.15, -0.1) is 0 Å². The molecule has 1 atom stereocenters. The molecule has 1 aliphatic heterocycles. The Labute approximate surface area is 142 Å². The van der Waals surface area contributed by atoms with Gasteiger partial charge in [-0.3, -0.25) is 4.79 Å². The van der Waals surface area contributed by atoms with Crippen LogP contribution in [0.3, 0.4) is 0 Å². The molecule has 0 bridgehead atoms. The summed E-state index contributed by atoms with van der Waals surface area (Å²) in [6.45, 7) is 0.857. The molecule has 1 aliphatic rings. The predicted octanol–water partition coefficient (Wildman–Crippen LogP) is 1.63. The molecule has 24 heavy (non-hydrogen) atoms. The maximum atomic E-state index is 12.5. The van der Waals surface area contributed by atoms with E-state index in [0.717, 1.165) is 18.5 Å². The second-order valence-corrected chi connectivity index (χ2v) is 8.06. The molecule has 2 aromatic rings. The lowest BCUT2D eigenvalue weighted by Gasteiger charge is -2.31. The first-order valence-corrected chi connectivity index (χ1v) is 9.78. The number of carbonyl (C=O) groups excluding carboxylic acids is 1. The van der Waals surface area contributed by atoms with E-state index in [1.807, 2.05) is 47.3 Å². The Morgan fingerprint density at radius 1 is 1.21 bits per heavy atom. The van der Waals surface area contributed by atoms with Crippen molar-refractivity contribution in [3.8, 4) is 5.69 Å². The second-order valence-electron chi connectivity index (χ2n) is 6.07. The highest BCUT2D eigenvalue weighted by Crippen LogP contribution is 2.15. The predicted molar refractivity (Wildman–Crippen MR) is 92.7 cm³/mol. The smallest absolute Gasteiger partial charge is 0.251 e. The monoisotopic (exact) mass is 347 g/mol. The lowest BCUT2D eigenvalue weighted by molar-refractivity contribution is 0.0921. The molecule has 1 N–H and O–H groups in total. The molecule has 1 aromatic carbocycles. The van der Waals surface area contributed by atoms with Gasteiger partial charge >= 0.3 is 0 Å². The van der Waals surface area contributed by atoms with Crippen molar-refractivity contribution in [3.63, 3.8) is 0 Å². The molecular formula is C17H21N3O3S. The molecule has 1 unspecified atom stereocenters. The first-order valence-electron chi connectivity index (χ1n) is 7.93. The van der Waals surface area contributed by atoms with Crippen molar-refractivity contribution in [2.24, 2.45) is 0 Å². The van der Waals surface area contributed by atoms with Crippen LogP contribution in [0.2, 0.25) is 0 Å². The van der Waals surface area contributed by atoms with Gasteiger partial charge in [-0.1, -0.05) is 6.07 Å². The molecule has 1 saturated heterocycles. The van der Waals surface area contributed by atoms with E-state index < -0.39 is 10.0 Å². The zero-order chi connectivity index (χ0) is 17.2. The third-order valence-corrected chi connectivity index (χ3v) is 5.47. The van der Waals surface area contributed by atoms with Crippen molar-refractivity contribution < 1.29 is 13.2 Å². The molecule has 3 rings (SSSR count). The minimum absolute atomic E-state index is 0.156. The summed E-state index contributed by atoms with van der Waals surface area (Å²) in [5, 5.41) is 2.96. The largest absolute Gasteiger partial charge is 0.348 e. The highest BCUT2D eigenvalue weighted by atomic mass is 32.2. The first-order chi connectivity index (χ1) is 11.4. The van der Waals surface area contributed by atoms with Crippen molar-refractivity contribution in [2.75, 3.05) is 19.3 Å². The van der Waals surface area contributed by atoms with Crippen LogP contribution in [-0.2, 0) is 10.0 Å². The van der Waals surface area contributed by atoms with Crippen LogP contribution in [0.1, 0.15) is 23.2 Å². The normalized spacial score (nSPS) is 19.1. The Morgan fingerprint density at radius 3 is 2.67 bits per heavy atom. The molecule has 2 heterocycles. The van der Waals surface area contributed by atoms with E-state index in [2.05, 4.69) is 5.32 Å². The first kappa shape index (κ1) is 16.7. The Morgan fingerprint density at radius 2 is 1.96 bits per heavy atom. The zero-order valence-corrected chi connectivity index (χ0v) is 14.4. The Hall–Kier alpha value is -2.12. The SMILES string of the molecule is CS(=O)(=O)N1CCCC(NC(=O)c2cccc(-n3cccc3)c2)C1. The number of nitrogens with one attached hydrogen (secondary N) is 1. The van der Waals surface area contributed by atoms with E-state index >= 15 is 0 Å². The maximum Gasteiger partial charge on any atom is 0.251 e. The minimum Gasteiger partial charge on any atom is -0.348 e. The summed E-state index contributed by atoms with van der Waals surface area (Å²) in [4.78, 5) is 12.5. The number of rotatable bonds is 4. The van der Waals surface area contributed by atoms with Crippen molar-refractivity contribution in [1.82, 2.24) is 14.2 Å². The number of hydrogen-bond donors (Lipinski definition) is 1. The van der Waals surface area contributed by atoms with Gasteiger partial charge in [0.05, 0.1) is 6.26 Å². The zero-order valence-electron chi connectivity index (χ0n) is 13.6. The molecule has 128 valence electrons. The van der Waals surface area contributed by atoms with Crippen molar-refractivity contribution in [1.29, 1.82) is 0 Å².